The van der Waals surface area contributed by atoms with E-state index in [4.69, 9.17) is 29.7 Å². The second-order valence-corrected chi connectivity index (χ2v) is 7.48. The molecule has 1 fully saturated rings. The van der Waals surface area contributed by atoms with Crippen molar-refractivity contribution >= 4 is 29.0 Å². The van der Waals surface area contributed by atoms with Crippen LogP contribution in [0.5, 0.6) is 11.5 Å². The zero-order valence-electron chi connectivity index (χ0n) is 19.4. The molecule has 1 aliphatic rings. The minimum absolute atomic E-state index is 0.108. The molecule has 34 heavy (non-hydrogen) atoms. The molecule has 3 aromatic rings. The molecule has 12 heteroatoms. The van der Waals surface area contributed by atoms with Crippen LogP contribution in [-0.2, 0) is 9.47 Å². The van der Waals surface area contributed by atoms with E-state index in [2.05, 4.69) is 15.0 Å². The molecule has 1 aromatic carbocycles. The number of carbonyl (C=O) groups is 1. The molecule has 0 radical (unpaired) electrons. The van der Waals surface area contributed by atoms with Crippen molar-refractivity contribution in [3.63, 3.8) is 0 Å². The first kappa shape index (κ1) is 23.2. The van der Waals surface area contributed by atoms with Gasteiger partial charge < -0.3 is 34.5 Å². The summed E-state index contributed by atoms with van der Waals surface area (Å²) in [6.07, 6.45) is 1.27. The van der Waals surface area contributed by atoms with Crippen molar-refractivity contribution in [1.29, 1.82) is 0 Å². The van der Waals surface area contributed by atoms with Gasteiger partial charge in [0.1, 0.15) is 6.61 Å². The number of fused-ring (bicyclic) bond motifs is 1. The Labute approximate surface area is 196 Å². The van der Waals surface area contributed by atoms with Crippen LogP contribution in [0.15, 0.2) is 24.4 Å². The van der Waals surface area contributed by atoms with E-state index >= 15 is 0 Å². The molecule has 2 N–H and O–H groups in total. The molecule has 0 saturated carbocycles. The van der Waals surface area contributed by atoms with Gasteiger partial charge in [0.2, 0.25) is 5.95 Å². The highest BCUT2D eigenvalue weighted by Gasteiger charge is 2.25. The molecule has 0 atom stereocenters. The Balaban J connectivity index is 1.59. The smallest absolute Gasteiger partial charge is 0.409 e. The van der Waals surface area contributed by atoms with Crippen LogP contribution in [0.25, 0.3) is 22.4 Å². The van der Waals surface area contributed by atoms with Crippen LogP contribution in [0, 0.1) is 0 Å². The highest BCUT2D eigenvalue weighted by atomic mass is 16.6. The Morgan fingerprint density at radius 3 is 2.47 bits per heavy atom. The second-order valence-electron chi connectivity index (χ2n) is 7.48. The molecule has 0 unspecified atom stereocenters. The van der Waals surface area contributed by atoms with Crippen LogP contribution in [0.3, 0.4) is 0 Å². The number of rotatable bonds is 7. The molecular formula is C22H27N7O5. The first-order valence-corrected chi connectivity index (χ1v) is 10.7. The number of piperazine rings is 1. The summed E-state index contributed by atoms with van der Waals surface area (Å²) in [7, 11) is 4.72. The number of anilines is 2. The number of ether oxygens (including phenoxy) is 4. The summed E-state index contributed by atoms with van der Waals surface area (Å²) in [4.78, 5) is 33.8. The number of aromatic nitrogens is 4. The largest absolute Gasteiger partial charge is 0.493 e. The fourth-order valence-electron chi connectivity index (χ4n) is 3.67. The Hall–Kier alpha value is -3.93. The molecular weight excluding hydrogens is 442 g/mol. The lowest BCUT2D eigenvalue weighted by molar-refractivity contribution is 0.0705. The molecule has 4 rings (SSSR count). The van der Waals surface area contributed by atoms with E-state index in [1.165, 1.54) is 0 Å². The molecule has 2 aromatic heterocycles. The maximum atomic E-state index is 12.2. The minimum Gasteiger partial charge on any atom is -0.493 e. The van der Waals surface area contributed by atoms with E-state index in [1.807, 2.05) is 23.1 Å². The van der Waals surface area contributed by atoms with E-state index in [-0.39, 0.29) is 18.6 Å². The molecule has 1 amide bonds. The minimum atomic E-state index is -0.362. The number of carbonyl (C=O) groups excluding carboxylic acids is 1. The van der Waals surface area contributed by atoms with E-state index in [0.29, 0.717) is 67.0 Å². The van der Waals surface area contributed by atoms with E-state index in [1.54, 1.807) is 32.4 Å². The van der Waals surface area contributed by atoms with Gasteiger partial charge in [-0.1, -0.05) is 0 Å². The third-order valence-corrected chi connectivity index (χ3v) is 5.44. The van der Waals surface area contributed by atoms with Gasteiger partial charge in [-0.15, -0.1) is 0 Å². The van der Waals surface area contributed by atoms with E-state index in [0.717, 1.165) is 5.56 Å². The van der Waals surface area contributed by atoms with Gasteiger partial charge in [-0.25, -0.2) is 14.8 Å². The van der Waals surface area contributed by atoms with Crippen LogP contribution in [0.1, 0.15) is 0 Å². The molecule has 0 bridgehead atoms. The van der Waals surface area contributed by atoms with Crippen LogP contribution >= 0.6 is 0 Å². The maximum absolute atomic E-state index is 12.2. The molecule has 1 aliphatic heterocycles. The van der Waals surface area contributed by atoms with Gasteiger partial charge in [0, 0.05) is 38.9 Å². The average molecular weight is 470 g/mol. The number of nitrogens with zero attached hydrogens (tertiary/aromatic N) is 6. The predicted molar refractivity (Wildman–Crippen MR) is 125 cm³/mol. The summed E-state index contributed by atoms with van der Waals surface area (Å²) in [5.74, 6) is 1.89. The lowest BCUT2D eigenvalue weighted by atomic mass is 10.1. The fourth-order valence-corrected chi connectivity index (χ4v) is 3.67. The summed E-state index contributed by atoms with van der Waals surface area (Å²) in [5.41, 5.74) is 8.30. The fraction of sp³-hybridized carbons (Fsp3) is 0.409. The van der Waals surface area contributed by atoms with Crippen molar-refractivity contribution < 1.29 is 23.7 Å². The lowest BCUT2D eigenvalue weighted by Gasteiger charge is -2.34. The van der Waals surface area contributed by atoms with Crippen molar-refractivity contribution in [1.82, 2.24) is 24.8 Å². The molecule has 0 spiro atoms. The number of benzene rings is 1. The Morgan fingerprint density at radius 2 is 1.76 bits per heavy atom. The summed E-state index contributed by atoms with van der Waals surface area (Å²) in [6.45, 7) is 2.59. The molecule has 0 aliphatic carbocycles. The number of nitrogens with two attached hydrogens (primary N) is 1. The van der Waals surface area contributed by atoms with E-state index < -0.39 is 0 Å². The van der Waals surface area contributed by atoms with Gasteiger partial charge in [0.25, 0.3) is 0 Å². The monoisotopic (exact) mass is 469 g/mol. The van der Waals surface area contributed by atoms with Crippen molar-refractivity contribution in [2.45, 2.75) is 0 Å². The number of methoxy groups -OCH3 is 3. The number of hydrogen-bond donors (Lipinski definition) is 1. The van der Waals surface area contributed by atoms with Gasteiger partial charge in [-0.05, 0) is 18.2 Å². The Bertz CT molecular complexity index is 1170. The summed E-state index contributed by atoms with van der Waals surface area (Å²) in [5, 5.41) is 0. The standard InChI is InChI=1S/C22H27N7O5/c1-31-10-11-34-22(30)29-8-6-28(7-9-29)20-18-19(26-21(23)27-20)24-13-15(25-18)14-4-5-16(32-2)17(12-14)33-3/h4-5,12-13H,6-11H2,1-3H3,(H2,23,24,26,27). The summed E-state index contributed by atoms with van der Waals surface area (Å²) < 4.78 is 20.9. The summed E-state index contributed by atoms with van der Waals surface area (Å²) >= 11 is 0. The molecule has 3 heterocycles. The van der Waals surface area contributed by atoms with Gasteiger partial charge in [0.05, 0.1) is 32.7 Å². The quantitative estimate of drug-likeness (QED) is 0.505. The predicted octanol–water partition coefficient (Wildman–Crippen LogP) is 1.59. The van der Waals surface area contributed by atoms with Gasteiger partial charge in [-0.2, -0.15) is 9.97 Å². The van der Waals surface area contributed by atoms with Gasteiger partial charge in [0.15, 0.2) is 28.5 Å². The van der Waals surface area contributed by atoms with Crippen molar-refractivity contribution in [2.24, 2.45) is 0 Å². The van der Waals surface area contributed by atoms with Gasteiger partial charge >= 0.3 is 6.09 Å². The normalized spacial score (nSPS) is 13.7. The topological polar surface area (TPSA) is 138 Å². The third-order valence-electron chi connectivity index (χ3n) is 5.44. The van der Waals surface area contributed by atoms with Crippen molar-refractivity contribution in [3.8, 4) is 22.8 Å². The Kier molecular flexibility index (Phi) is 7.07. The molecule has 180 valence electrons. The zero-order chi connectivity index (χ0) is 24.1. The number of amides is 1. The zero-order valence-corrected chi connectivity index (χ0v) is 19.4. The van der Waals surface area contributed by atoms with Crippen LogP contribution in [-0.4, -0.2) is 91.7 Å². The van der Waals surface area contributed by atoms with Crippen LogP contribution in [0.4, 0.5) is 16.6 Å². The van der Waals surface area contributed by atoms with E-state index in [9.17, 15) is 4.79 Å². The average Bonchev–Trinajstić information content (AvgIpc) is 2.87. The number of hydrogen-bond acceptors (Lipinski definition) is 11. The third kappa shape index (κ3) is 4.86. The Morgan fingerprint density at radius 1 is 1.00 bits per heavy atom. The van der Waals surface area contributed by atoms with Crippen LogP contribution < -0.4 is 20.1 Å². The first-order valence-electron chi connectivity index (χ1n) is 10.7. The highest BCUT2D eigenvalue weighted by Crippen LogP contribution is 2.32. The number of nitrogen functional groups attached to an aromatic ring is 1. The maximum Gasteiger partial charge on any atom is 0.409 e. The SMILES string of the molecule is COCCOC(=O)N1CCN(c2nc(N)nc3ncc(-c4ccc(OC)c(OC)c4)nc23)CC1. The summed E-state index contributed by atoms with van der Waals surface area (Å²) in [6, 6.07) is 5.52. The van der Waals surface area contributed by atoms with Crippen LogP contribution in [0.2, 0.25) is 0 Å². The van der Waals surface area contributed by atoms with Crippen molar-refractivity contribution in [2.75, 3.05) is 71.4 Å². The molecule has 12 nitrogen and oxygen atoms in total. The lowest BCUT2D eigenvalue weighted by Crippen LogP contribution is -2.49. The van der Waals surface area contributed by atoms with Gasteiger partial charge in [-0.3, -0.25) is 0 Å². The van der Waals surface area contributed by atoms with Crippen molar-refractivity contribution in [3.05, 3.63) is 24.4 Å². The first-order chi connectivity index (χ1) is 16.5. The highest BCUT2D eigenvalue weighted by molar-refractivity contribution is 5.86. The molecule has 1 saturated heterocycles. The second kappa shape index (κ2) is 10.3.